The number of hydrogen-bond acceptors (Lipinski definition) is 2. The van der Waals surface area contributed by atoms with Crippen molar-refractivity contribution in [2.75, 3.05) is 0 Å². The van der Waals surface area contributed by atoms with E-state index in [0.717, 1.165) is 5.56 Å². The Morgan fingerprint density at radius 3 is 1.83 bits per heavy atom. The number of rotatable bonds is 1. The lowest BCUT2D eigenvalue weighted by atomic mass is 9.95. The Morgan fingerprint density at radius 1 is 0.889 bits per heavy atom. The first-order chi connectivity index (χ1) is 8.39. The van der Waals surface area contributed by atoms with E-state index in [2.05, 4.69) is 9.97 Å². The zero-order chi connectivity index (χ0) is 13.3. The van der Waals surface area contributed by atoms with Crippen LogP contribution < -0.4 is 0 Å². The summed E-state index contributed by atoms with van der Waals surface area (Å²) >= 11 is 12.5. The van der Waals surface area contributed by atoms with Gasteiger partial charge in [-0.3, -0.25) is 0 Å². The van der Waals surface area contributed by atoms with E-state index in [0.29, 0.717) is 21.7 Å². The van der Waals surface area contributed by atoms with Crippen LogP contribution in [0, 0.1) is 0 Å². The van der Waals surface area contributed by atoms with Gasteiger partial charge in [0.15, 0.2) is 0 Å². The van der Waals surface area contributed by atoms with Gasteiger partial charge in [0.1, 0.15) is 16.1 Å². The molecule has 0 fully saturated rings. The third-order valence-corrected chi connectivity index (χ3v) is 3.10. The second kappa shape index (κ2) is 4.87. The lowest BCUT2D eigenvalue weighted by molar-refractivity contribution is 0.545. The Kier molecular flexibility index (Phi) is 3.60. The molecule has 0 saturated carbocycles. The van der Waals surface area contributed by atoms with Gasteiger partial charge in [-0.05, 0) is 5.56 Å². The molecule has 0 spiro atoms. The van der Waals surface area contributed by atoms with Gasteiger partial charge < -0.3 is 0 Å². The Morgan fingerprint density at radius 2 is 1.39 bits per heavy atom. The van der Waals surface area contributed by atoms with Crippen molar-refractivity contribution in [3.8, 4) is 11.1 Å². The SMILES string of the molecule is CC(C)(C)c1nc(Cl)c(-c2ccccc2)c(Cl)n1. The topological polar surface area (TPSA) is 25.8 Å². The first-order valence-electron chi connectivity index (χ1n) is 5.68. The molecule has 0 atom stereocenters. The van der Waals surface area contributed by atoms with E-state index in [-0.39, 0.29) is 5.41 Å². The van der Waals surface area contributed by atoms with E-state index in [9.17, 15) is 0 Å². The standard InChI is InChI=1S/C14H14Cl2N2/c1-14(2,3)13-17-11(15)10(12(16)18-13)9-7-5-4-6-8-9/h4-8H,1-3H3. The van der Waals surface area contributed by atoms with Crippen LogP contribution in [0.25, 0.3) is 11.1 Å². The van der Waals surface area contributed by atoms with Gasteiger partial charge in [0, 0.05) is 5.41 Å². The summed E-state index contributed by atoms with van der Waals surface area (Å²) in [6.45, 7) is 6.07. The zero-order valence-electron chi connectivity index (χ0n) is 10.5. The molecule has 1 heterocycles. The Balaban J connectivity index is 2.59. The van der Waals surface area contributed by atoms with Crippen LogP contribution in [0.1, 0.15) is 26.6 Å². The van der Waals surface area contributed by atoms with Crippen LogP contribution in [-0.4, -0.2) is 9.97 Å². The largest absolute Gasteiger partial charge is 0.220 e. The summed E-state index contributed by atoms with van der Waals surface area (Å²) in [6.07, 6.45) is 0. The second-order valence-corrected chi connectivity index (χ2v) is 5.84. The maximum atomic E-state index is 6.24. The molecule has 0 radical (unpaired) electrons. The summed E-state index contributed by atoms with van der Waals surface area (Å²) in [4.78, 5) is 8.70. The Labute approximate surface area is 117 Å². The van der Waals surface area contributed by atoms with Crippen LogP contribution in [0.2, 0.25) is 10.3 Å². The molecule has 0 amide bonds. The molecule has 18 heavy (non-hydrogen) atoms. The highest BCUT2D eigenvalue weighted by Crippen LogP contribution is 2.34. The molecule has 0 aliphatic carbocycles. The fourth-order valence-corrected chi connectivity index (χ4v) is 2.19. The van der Waals surface area contributed by atoms with E-state index >= 15 is 0 Å². The molecular formula is C14H14Cl2N2. The third kappa shape index (κ3) is 2.65. The summed E-state index contributed by atoms with van der Waals surface area (Å²) < 4.78 is 0. The van der Waals surface area contributed by atoms with E-state index in [1.165, 1.54) is 0 Å². The lowest BCUT2D eigenvalue weighted by Crippen LogP contribution is -2.16. The molecule has 0 aliphatic heterocycles. The fourth-order valence-electron chi connectivity index (χ4n) is 1.59. The zero-order valence-corrected chi connectivity index (χ0v) is 12.0. The third-order valence-electron chi connectivity index (χ3n) is 2.55. The highest BCUT2D eigenvalue weighted by Gasteiger charge is 2.21. The lowest BCUT2D eigenvalue weighted by Gasteiger charge is -2.18. The van der Waals surface area contributed by atoms with Gasteiger partial charge in [-0.1, -0.05) is 74.3 Å². The molecule has 94 valence electrons. The average Bonchev–Trinajstić information content (AvgIpc) is 2.28. The van der Waals surface area contributed by atoms with Crippen molar-refractivity contribution in [3.05, 3.63) is 46.5 Å². The first kappa shape index (κ1) is 13.3. The minimum Gasteiger partial charge on any atom is -0.220 e. The van der Waals surface area contributed by atoms with Gasteiger partial charge in [-0.2, -0.15) is 0 Å². The molecule has 4 heteroatoms. The van der Waals surface area contributed by atoms with Gasteiger partial charge >= 0.3 is 0 Å². The minimum absolute atomic E-state index is 0.178. The molecule has 0 unspecified atom stereocenters. The number of halogens is 2. The van der Waals surface area contributed by atoms with Crippen LogP contribution >= 0.6 is 23.2 Å². The summed E-state index contributed by atoms with van der Waals surface area (Å²) in [6, 6.07) is 9.68. The monoisotopic (exact) mass is 280 g/mol. The van der Waals surface area contributed by atoms with Crippen molar-refractivity contribution in [1.29, 1.82) is 0 Å². The van der Waals surface area contributed by atoms with Crippen molar-refractivity contribution < 1.29 is 0 Å². The molecule has 1 aromatic carbocycles. The quantitative estimate of drug-likeness (QED) is 0.705. The highest BCUT2D eigenvalue weighted by molar-refractivity contribution is 6.37. The molecule has 2 aromatic rings. The minimum atomic E-state index is -0.178. The van der Waals surface area contributed by atoms with Gasteiger partial charge in [-0.25, -0.2) is 9.97 Å². The molecule has 0 aliphatic rings. The molecule has 0 bridgehead atoms. The van der Waals surface area contributed by atoms with Crippen LogP contribution in [-0.2, 0) is 5.41 Å². The van der Waals surface area contributed by atoms with Crippen molar-refractivity contribution >= 4 is 23.2 Å². The summed E-state index contributed by atoms with van der Waals surface area (Å²) in [7, 11) is 0. The molecule has 1 aromatic heterocycles. The van der Waals surface area contributed by atoms with E-state index in [1.54, 1.807) is 0 Å². The van der Waals surface area contributed by atoms with E-state index < -0.39 is 0 Å². The number of benzene rings is 1. The fraction of sp³-hybridized carbons (Fsp3) is 0.286. The second-order valence-electron chi connectivity index (χ2n) is 5.12. The maximum absolute atomic E-state index is 6.24. The summed E-state index contributed by atoms with van der Waals surface area (Å²) in [5, 5.41) is 0.789. The maximum Gasteiger partial charge on any atom is 0.142 e. The Hall–Kier alpha value is -1.12. The number of aromatic nitrogens is 2. The van der Waals surface area contributed by atoms with Gasteiger partial charge in [0.05, 0.1) is 5.56 Å². The van der Waals surface area contributed by atoms with Crippen molar-refractivity contribution in [1.82, 2.24) is 9.97 Å². The van der Waals surface area contributed by atoms with Crippen LogP contribution in [0.4, 0.5) is 0 Å². The highest BCUT2D eigenvalue weighted by atomic mass is 35.5. The van der Waals surface area contributed by atoms with Crippen molar-refractivity contribution in [3.63, 3.8) is 0 Å². The van der Waals surface area contributed by atoms with Gasteiger partial charge in [-0.15, -0.1) is 0 Å². The Bertz CT molecular complexity index is 537. The molecular weight excluding hydrogens is 267 g/mol. The molecule has 2 nitrogen and oxygen atoms in total. The first-order valence-corrected chi connectivity index (χ1v) is 6.44. The van der Waals surface area contributed by atoms with Crippen molar-refractivity contribution in [2.45, 2.75) is 26.2 Å². The normalized spacial score (nSPS) is 11.6. The van der Waals surface area contributed by atoms with Crippen LogP contribution in [0.5, 0.6) is 0 Å². The molecule has 0 saturated heterocycles. The average molecular weight is 281 g/mol. The predicted molar refractivity (Wildman–Crippen MR) is 76.2 cm³/mol. The number of hydrogen-bond donors (Lipinski definition) is 0. The summed E-state index contributed by atoms with van der Waals surface area (Å²) in [5.74, 6) is 0.650. The van der Waals surface area contributed by atoms with Crippen LogP contribution in [0.3, 0.4) is 0 Å². The molecule has 0 N–H and O–H groups in total. The van der Waals surface area contributed by atoms with Crippen molar-refractivity contribution in [2.24, 2.45) is 0 Å². The number of nitrogens with zero attached hydrogens (tertiary/aromatic N) is 2. The van der Waals surface area contributed by atoms with E-state index in [4.69, 9.17) is 23.2 Å². The van der Waals surface area contributed by atoms with E-state index in [1.807, 2.05) is 51.1 Å². The molecule has 2 rings (SSSR count). The predicted octanol–water partition coefficient (Wildman–Crippen LogP) is 4.75. The smallest absolute Gasteiger partial charge is 0.142 e. The van der Waals surface area contributed by atoms with Crippen LogP contribution in [0.15, 0.2) is 30.3 Å². The van der Waals surface area contributed by atoms with Gasteiger partial charge in [0.25, 0.3) is 0 Å². The van der Waals surface area contributed by atoms with Gasteiger partial charge in [0.2, 0.25) is 0 Å². The summed E-state index contributed by atoms with van der Waals surface area (Å²) in [5.41, 5.74) is 1.43.